The molecule has 0 radical (unpaired) electrons. The molecule has 0 saturated carbocycles. The first kappa shape index (κ1) is 27.6. The minimum Gasteiger partial charge on any atom is -0.458 e. The maximum atomic E-state index is 13.6. The predicted octanol–water partition coefficient (Wildman–Crippen LogP) is 6.99. The van der Waals surface area contributed by atoms with Gasteiger partial charge in [-0.3, -0.25) is 0 Å². The van der Waals surface area contributed by atoms with E-state index in [-0.39, 0.29) is 5.69 Å². The third-order valence-electron chi connectivity index (χ3n) is 6.04. The Morgan fingerprint density at radius 2 is 1.71 bits per heavy atom. The van der Waals surface area contributed by atoms with E-state index in [4.69, 9.17) is 4.74 Å². The van der Waals surface area contributed by atoms with Crippen LogP contribution < -0.4 is 15.4 Å². The molecule has 3 N–H and O–H groups in total. The summed E-state index contributed by atoms with van der Waals surface area (Å²) in [6.45, 7) is 5.39. The van der Waals surface area contributed by atoms with Gasteiger partial charge in [0.25, 0.3) is 0 Å². The highest BCUT2D eigenvalue weighted by molar-refractivity contribution is 6.06. The van der Waals surface area contributed by atoms with Crippen LogP contribution in [-0.2, 0) is 9.53 Å². The standard InChI is InChI=1S/C29H26F3N5O4/c1-28(2,3)41-26(38)24(21-16-34-25-19(21)6-5-14-33-25)37-15-13-20-22(7-4-8-23(20)37)36-27(39)35-17-9-11-18(12-10-17)40-29(30,31)32/h4-16,24H,1-3H3,(H,33,34)(H2,35,36,39). The van der Waals surface area contributed by atoms with Crippen molar-refractivity contribution in [2.24, 2.45) is 0 Å². The number of amides is 2. The zero-order valence-corrected chi connectivity index (χ0v) is 22.2. The lowest BCUT2D eigenvalue weighted by atomic mass is 10.1. The van der Waals surface area contributed by atoms with Crippen molar-refractivity contribution in [3.8, 4) is 5.75 Å². The minimum absolute atomic E-state index is 0.264. The van der Waals surface area contributed by atoms with Gasteiger partial charge in [-0.05, 0) is 75.4 Å². The van der Waals surface area contributed by atoms with Crippen LogP contribution in [0.2, 0.25) is 0 Å². The van der Waals surface area contributed by atoms with Crippen molar-refractivity contribution in [2.75, 3.05) is 10.6 Å². The summed E-state index contributed by atoms with van der Waals surface area (Å²) in [6.07, 6.45) is 0.328. The highest BCUT2D eigenvalue weighted by Gasteiger charge is 2.32. The molecule has 1 atom stereocenters. The number of alkyl halides is 3. The Balaban J connectivity index is 1.44. The lowest BCUT2D eigenvalue weighted by Gasteiger charge is -2.25. The normalized spacial score (nSPS) is 12.7. The first-order valence-electron chi connectivity index (χ1n) is 12.6. The van der Waals surface area contributed by atoms with E-state index in [1.807, 2.05) is 12.1 Å². The van der Waals surface area contributed by atoms with Gasteiger partial charge in [-0.15, -0.1) is 13.2 Å². The van der Waals surface area contributed by atoms with E-state index >= 15 is 0 Å². The molecule has 3 aromatic heterocycles. The van der Waals surface area contributed by atoms with E-state index in [1.165, 1.54) is 12.1 Å². The Hall–Kier alpha value is -5.00. The number of esters is 1. The number of urea groups is 1. The smallest absolute Gasteiger partial charge is 0.458 e. The van der Waals surface area contributed by atoms with Gasteiger partial charge in [0.15, 0.2) is 6.04 Å². The molecular weight excluding hydrogens is 539 g/mol. The van der Waals surface area contributed by atoms with Crippen LogP contribution in [0.1, 0.15) is 32.4 Å². The number of nitrogens with zero attached hydrogens (tertiary/aromatic N) is 2. The van der Waals surface area contributed by atoms with Crippen LogP contribution in [0, 0.1) is 0 Å². The van der Waals surface area contributed by atoms with Crippen LogP contribution in [0.25, 0.3) is 21.9 Å². The average molecular weight is 566 g/mol. The molecule has 0 saturated heterocycles. The molecule has 0 fully saturated rings. The molecule has 0 aliphatic heterocycles. The number of carbonyl (C=O) groups is 2. The van der Waals surface area contributed by atoms with Crippen LogP contribution in [0.3, 0.4) is 0 Å². The lowest BCUT2D eigenvalue weighted by Crippen LogP contribution is -2.30. The number of aromatic nitrogens is 3. The predicted molar refractivity (Wildman–Crippen MR) is 148 cm³/mol. The summed E-state index contributed by atoms with van der Waals surface area (Å²) in [7, 11) is 0. The average Bonchev–Trinajstić information content (AvgIpc) is 3.49. The van der Waals surface area contributed by atoms with E-state index in [0.717, 1.165) is 17.5 Å². The summed E-state index contributed by atoms with van der Waals surface area (Å²) in [4.78, 5) is 33.8. The third-order valence-corrected chi connectivity index (χ3v) is 6.04. The molecule has 12 heteroatoms. The number of hydrogen-bond acceptors (Lipinski definition) is 5. The maximum absolute atomic E-state index is 13.6. The zero-order chi connectivity index (χ0) is 29.4. The van der Waals surface area contributed by atoms with Crippen LogP contribution >= 0.6 is 0 Å². The number of nitrogens with one attached hydrogen (secondary N) is 3. The molecule has 2 amide bonds. The summed E-state index contributed by atoms with van der Waals surface area (Å²) >= 11 is 0. The largest absolute Gasteiger partial charge is 0.573 e. The van der Waals surface area contributed by atoms with E-state index in [1.54, 1.807) is 68.2 Å². The molecule has 0 bridgehead atoms. The van der Waals surface area contributed by atoms with Crippen molar-refractivity contribution < 1.29 is 32.2 Å². The SMILES string of the molecule is CC(C)(C)OC(=O)C(c1c[nH]c2ncccc12)n1ccc2c(NC(=O)Nc3ccc(OC(F)(F)F)cc3)cccc21. The summed E-state index contributed by atoms with van der Waals surface area (Å²) in [5.41, 5.74) is 1.95. The van der Waals surface area contributed by atoms with Crippen molar-refractivity contribution in [3.05, 3.63) is 84.8 Å². The molecule has 41 heavy (non-hydrogen) atoms. The van der Waals surface area contributed by atoms with E-state index in [9.17, 15) is 22.8 Å². The van der Waals surface area contributed by atoms with Gasteiger partial charge in [0.05, 0.1) is 11.2 Å². The second kappa shape index (κ2) is 10.5. The topological polar surface area (TPSA) is 110 Å². The zero-order valence-electron chi connectivity index (χ0n) is 22.2. The maximum Gasteiger partial charge on any atom is 0.573 e. The molecule has 0 aliphatic carbocycles. The Bertz CT molecular complexity index is 1720. The molecule has 1 unspecified atom stereocenters. The van der Waals surface area contributed by atoms with E-state index < -0.39 is 35.8 Å². The Kier molecular flexibility index (Phi) is 7.08. The van der Waals surface area contributed by atoms with Crippen molar-refractivity contribution >= 4 is 45.3 Å². The summed E-state index contributed by atoms with van der Waals surface area (Å²) < 4.78 is 48.6. The van der Waals surface area contributed by atoms with Crippen molar-refractivity contribution in [1.82, 2.24) is 14.5 Å². The van der Waals surface area contributed by atoms with Crippen LogP contribution in [0.4, 0.5) is 29.3 Å². The molecule has 5 aromatic rings. The number of rotatable bonds is 6. The Morgan fingerprint density at radius 1 is 0.951 bits per heavy atom. The summed E-state index contributed by atoms with van der Waals surface area (Å²) in [6, 6.07) is 14.0. The number of aromatic amines is 1. The molecule has 2 aromatic carbocycles. The van der Waals surface area contributed by atoms with Gasteiger partial charge in [-0.2, -0.15) is 0 Å². The molecule has 9 nitrogen and oxygen atoms in total. The van der Waals surface area contributed by atoms with Crippen LogP contribution in [0.15, 0.2) is 79.3 Å². The third kappa shape index (κ3) is 6.26. The second-order valence-electron chi connectivity index (χ2n) is 10.2. The van der Waals surface area contributed by atoms with Gasteiger partial charge in [-0.25, -0.2) is 14.6 Å². The van der Waals surface area contributed by atoms with Gasteiger partial charge >= 0.3 is 18.4 Å². The van der Waals surface area contributed by atoms with Crippen molar-refractivity contribution in [2.45, 2.75) is 38.8 Å². The molecule has 212 valence electrons. The quantitative estimate of drug-likeness (QED) is 0.192. The first-order chi connectivity index (χ1) is 19.4. The van der Waals surface area contributed by atoms with Crippen molar-refractivity contribution in [1.29, 1.82) is 0 Å². The summed E-state index contributed by atoms with van der Waals surface area (Å²) in [5.74, 6) is -0.867. The number of benzene rings is 2. The second-order valence-corrected chi connectivity index (χ2v) is 10.2. The number of H-pyrrole nitrogens is 1. The number of fused-ring (bicyclic) bond motifs is 2. The molecule has 5 rings (SSSR count). The van der Waals surface area contributed by atoms with Crippen molar-refractivity contribution in [3.63, 3.8) is 0 Å². The monoisotopic (exact) mass is 565 g/mol. The minimum atomic E-state index is -4.81. The summed E-state index contributed by atoms with van der Waals surface area (Å²) in [5, 5.41) is 6.77. The Morgan fingerprint density at radius 3 is 2.41 bits per heavy atom. The van der Waals surface area contributed by atoms with Crippen LogP contribution in [0.5, 0.6) is 5.75 Å². The van der Waals surface area contributed by atoms with E-state index in [0.29, 0.717) is 27.8 Å². The number of anilines is 2. The fourth-order valence-corrected chi connectivity index (χ4v) is 4.50. The fraction of sp³-hybridized carbons (Fsp3) is 0.207. The molecular formula is C29H26F3N5O4. The number of carbonyl (C=O) groups excluding carboxylic acids is 2. The molecule has 0 aliphatic rings. The first-order valence-corrected chi connectivity index (χ1v) is 12.6. The highest BCUT2D eigenvalue weighted by atomic mass is 19.4. The fourth-order valence-electron chi connectivity index (χ4n) is 4.50. The van der Waals surface area contributed by atoms with Gasteiger partial charge in [0.2, 0.25) is 0 Å². The van der Waals surface area contributed by atoms with E-state index in [2.05, 4.69) is 25.3 Å². The van der Waals surface area contributed by atoms with Gasteiger partial charge in [0, 0.05) is 40.6 Å². The lowest BCUT2D eigenvalue weighted by molar-refractivity contribution is -0.274. The number of hydrogen-bond donors (Lipinski definition) is 3. The molecule has 0 spiro atoms. The number of pyridine rings is 1. The molecule has 3 heterocycles. The Labute approximate surface area is 232 Å². The highest BCUT2D eigenvalue weighted by Crippen LogP contribution is 2.34. The number of halogens is 3. The number of ether oxygens (including phenoxy) is 2. The van der Waals surface area contributed by atoms with Crippen LogP contribution in [-0.4, -0.2) is 38.5 Å². The van der Waals surface area contributed by atoms with Gasteiger partial charge < -0.3 is 29.7 Å². The van der Waals surface area contributed by atoms with Gasteiger partial charge in [-0.1, -0.05) is 6.07 Å². The van der Waals surface area contributed by atoms with Gasteiger partial charge in [0.1, 0.15) is 17.0 Å².